The van der Waals surface area contributed by atoms with E-state index in [1.165, 1.54) is 34.3 Å². The number of carbonyl (C=O) groups is 1. The second-order valence-corrected chi connectivity index (χ2v) is 6.48. The molecule has 0 radical (unpaired) electrons. The molecule has 0 heterocycles. The number of allylic oxidation sites excluding steroid dienone is 1. The summed E-state index contributed by atoms with van der Waals surface area (Å²) < 4.78 is 15.6. The number of hydrogen-bond donors (Lipinski definition) is 0. The molecule has 0 aliphatic rings. The molecule has 0 bridgehead atoms. The van der Waals surface area contributed by atoms with Crippen molar-refractivity contribution in [3.8, 4) is 0 Å². The summed E-state index contributed by atoms with van der Waals surface area (Å²) in [5.41, 5.74) is -0.0964. The van der Waals surface area contributed by atoms with Gasteiger partial charge in [0.15, 0.2) is 0 Å². The molecule has 0 aliphatic heterocycles. The average molecular weight is 233 g/mol. The van der Waals surface area contributed by atoms with Gasteiger partial charge in [-0.3, -0.25) is 0 Å². The molecule has 0 spiro atoms. The van der Waals surface area contributed by atoms with E-state index in [-0.39, 0.29) is 11.1 Å². The van der Waals surface area contributed by atoms with Crippen LogP contribution in [0, 0.1) is 0 Å². The van der Waals surface area contributed by atoms with Crippen molar-refractivity contribution in [3.05, 3.63) is 11.6 Å². The molecule has 0 saturated carbocycles. The van der Waals surface area contributed by atoms with Gasteiger partial charge in [0.2, 0.25) is 0 Å². The van der Waals surface area contributed by atoms with Gasteiger partial charge in [-0.25, -0.2) is 0 Å². The number of hydrogen-bond acceptors (Lipinski definition) is 5. The van der Waals surface area contributed by atoms with Gasteiger partial charge in [-0.15, -0.1) is 0 Å². The Kier molecular flexibility index (Phi) is 5.74. The molecule has 0 aliphatic carbocycles. The SMILES string of the molecule is CO[Si](OC)(OC)C(C)/C=C(\C)C(=O)[O-]. The Morgan fingerprint density at radius 2 is 1.67 bits per heavy atom. The van der Waals surface area contributed by atoms with Gasteiger partial charge in [0, 0.05) is 26.9 Å². The van der Waals surface area contributed by atoms with Crippen molar-refractivity contribution >= 4 is 14.8 Å². The molecule has 0 aromatic carbocycles. The lowest BCUT2D eigenvalue weighted by Gasteiger charge is -2.28. The van der Waals surface area contributed by atoms with E-state index in [0.717, 1.165) is 0 Å². The predicted octanol–water partition coefficient (Wildman–Crippen LogP) is -0.0492. The zero-order chi connectivity index (χ0) is 12.1. The van der Waals surface area contributed by atoms with Crippen molar-refractivity contribution in [2.45, 2.75) is 19.4 Å². The van der Waals surface area contributed by atoms with Crippen LogP contribution < -0.4 is 5.11 Å². The van der Waals surface area contributed by atoms with Crippen LogP contribution in [0.4, 0.5) is 0 Å². The van der Waals surface area contributed by atoms with E-state index < -0.39 is 14.8 Å². The molecule has 1 unspecified atom stereocenters. The van der Waals surface area contributed by atoms with Crippen LogP contribution in [0.15, 0.2) is 11.6 Å². The lowest BCUT2D eigenvalue weighted by Crippen LogP contribution is -2.46. The van der Waals surface area contributed by atoms with Crippen molar-refractivity contribution in [2.24, 2.45) is 0 Å². The molecule has 0 aromatic rings. The number of rotatable bonds is 6. The fraction of sp³-hybridized carbons (Fsp3) is 0.667. The lowest BCUT2D eigenvalue weighted by molar-refractivity contribution is -0.299. The first kappa shape index (κ1) is 14.3. The highest BCUT2D eigenvalue weighted by Crippen LogP contribution is 2.25. The first-order valence-electron chi connectivity index (χ1n) is 4.48. The number of aliphatic carboxylic acids is 1. The monoisotopic (exact) mass is 233 g/mol. The minimum atomic E-state index is -2.80. The standard InChI is InChI=1S/C9H18O5Si/c1-7(9(10)11)6-8(2)15(12-3,13-4)14-5/h6,8H,1-5H3,(H,10,11)/p-1/b7-6+. The molecule has 0 aromatic heterocycles. The van der Waals surface area contributed by atoms with Crippen molar-refractivity contribution in [1.29, 1.82) is 0 Å². The fourth-order valence-electron chi connectivity index (χ4n) is 1.35. The normalized spacial score (nSPS) is 15.1. The Morgan fingerprint density at radius 1 is 1.27 bits per heavy atom. The topological polar surface area (TPSA) is 67.8 Å². The summed E-state index contributed by atoms with van der Waals surface area (Å²) in [5, 5.41) is 10.5. The Bertz CT molecular complexity index is 239. The van der Waals surface area contributed by atoms with E-state index in [9.17, 15) is 9.90 Å². The van der Waals surface area contributed by atoms with E-state index in [1.54, 1.807) is 6.92 Å². The Morgan fingerprint density at radius 3 is 1.93 bits per heavy atom. The molecule has 0 amide bonds. The lowest BCUT2D eigenvalue weighted by atomic mass is 10.2. The first-order chi connectivity index (χ1) is 6.93. The van der Waals surface area contributed by atoms with Crippen LogP contribution in [0.5, 0.6) is 0 Å². The zero-order valence-electron chi connectivity index (χ0n) is 9.70. The molecule has 0 rings (SSSR count). The maximum Gasteiger partial charge on any atom is 0.507 e. The fourth-order valence-corrected chi connectivity index (χ4v) is 3.42. The third-order valence-corrected chi connectivity index (χ3v) is 5.22. The molecule has 6 heteroatoms. The maximum absolute atomic E-state index is 10.5. The molecule has 15 heavy (non-hydrogen) atoms. The molecule has 88 valence electrons. The Balaban J connectivity index is 4.87. The molecule has 0 saturated heterocycles. The third-order valence-electron chi connectivity index (χ3n) is 2.23. The zero-order valence-corrected chi connectivity index (χ0v) is 10.7. The van der Waals surface area contributed by atoms with Gasteiger partial charge < -0.3 is 23.2 Å². The van der Waals surface area contributed by atoms with Crippen LogP contribution in [0.3, 0.4) is 0 Å². The van der Waals surface area contributed by atoms with E-state index >= 15 is 0 Å². The van der Waals surface area contributed by atoms with E-state index in [4.69, 9.17) is 13.3 Å². The minimum absolute atomic E-state index is 0.144. The highest BCUT2D eigenvalue weighted by molar-refractivity contribution is 6.62. The van der Waals surface area contributed by atoms with Gasteiger partial charge >= 0.3 is 8.80 Å². The summed E-state index contributed by atoms with van der Waals surface area (Å²) in [5.74, 6) is -1.20. The molecule has 0 fully saturated rings. The van der Waals surface area contributed by atoms with Gasteiger partial charge in [0.05, 0.1) is 5.97 Å². The summed E-state index contributed by atoms with van der Waals surface area (Å²) in [6, 6.07) is 0. The highest BCUT2D eigenvalue weighted by Gasteiger charge is 2.43. The summed E-state index contributed by atoms with van der Waals surface area (Å²) >= 11 is 0. The van der Waals surface area contributed by atoms with Gasteiger partial charge in [0.1, 0.15) is 0 Å². The van der Waals surface area contributed by atoms with Gasteiger partial charge in [-0.2, -0.15) is 0 Å². The number of carboxylic acid groups (broad SMARTS) is 1. The van der Waals surface area contributed by atoms with Crippen LogP contribution in [0.25, 0.3) is 0 Å². The van der Waals surface area contributed by atoms with Crippen molar-refractivity contribution in [3.63, 3.8) is 0 Å². The highest BCUT2D eigenvalue weighted by atomic mass is 28.4. The van der Waals surface area contributed by atoms with Crippen LogP contribution >= 0.6 is 0 Å². The second-order valence-electron chi connectivity index (χ2n) is 3.14. The van der Waals surface area contributed by atoms with Crippen molar-refractivity contribution in [2.75, 3.05) is 21.3 Å². The molecular formula is C9H17O5Si-. The van der Waals surface area contributed by atoms with Crippen LogP contribution in [0.1, 0.15) is 13.8 Å². The van der Waals surface area contributed by atoms with Crippen LogP contribution in [-0.4, -0.2) is 36.1 Å². The summed E-state index contributed by atoms with van der Waals surface area (Å²) in [7, 11) is 1.66. The molecule has 0 N–H and O–H groups in total. The van der Waals surface area contributed by atoms with E-state index in [1.807, 2.05) is 0 Å². The molecule has 1 atom stereocenters. The number of carbonyl (C=O) groups excluding carboxylic acids is 1. The molecular weight excluding hydrogens is 216 g/mol. The van der Waals surface area contributed by atoms with Crippen LogP contribution in [0.2, 0.25) is 5.54 Å². The first-order valence-corrected chi connectivity index (χ1v) is 6.29. The largest absolute Gasteiger partial charge is 0.545 e. The van der Waals surface area contributed by atoms with E-state index in [2.05, 4.69) is 0 Å². The van der Waals surface area contributed by atoms with Crippen molar-refractivity contribution < 1.29 is 23.2 Å². The Labute approximate surface area is 91.0 Å². The molecule has 5 nitrogen and oxygen atoms in total. The Hall–Kier alpha value is -0.693. The van der Waals surface area contributed by atoms with Gasteiger partial charge in [-0.1, -0.05) is 13.0 Å². The smallest absolute Gasteiger partial charge is 0.507 e. The van der Waals surface area contributed by atoms with E-state index in [0.29, 0.717) is 0 Å². The number of carboxylic acids is 1. The maximum atomic E-state index is 10.5. The summed E-state index contributed by atoms with van der Waals surface area (Å²) in [4.78, 5) is 10.5. The predicted molar refractivity (Wildman–Crippen MR) is 55.0 cm³/mol. The van der Waals surface area contributed by atoms with Gasteiger partial charge in [-0.05, 0) is 12.5 Å². The van der Waals surface area contributed by atoms with Crippen molar-refractivity contribution in [1.82, 2.24) is 0 Å². The quantitative estimate of drug-likeness (QED) is 0.475. The van der Waals surface area contributed by atoms with Crippen LogP contribution in [-0.2, 0) is 18.1 Å². The summed E-state index contributed by atoms with van der Waals surface area (Å²) in [6.45, 7) is 3.25. The van der Waals surface area contributed by atoms with Gasteiger partial charge in [0.25, 0.3) is 0 Å². The third kappa shape index (κ3) is 3.42. The second kappa shape index (κ2) is 6.01. The average Bonchev–Trinajstić information content (AvgIpc) is 2.21. The minimum Gasteiger partial charge on any atom is -0.545 e. The summed E-state index contributed by atoms with van der Waals surface area (Å²) in [6.07, 6.45) is 1.53.